The van der Waals surface area contributed by atoms with Crippen molar-refractivity contribution in [2.75, 3.05) is 6.54 Å². The van der Waals surface area contributed by atoms with Gasteiger partial charge in [0.2, 0.25) is 0 Å². The van der Waals surface area contributed by atoms with Gasteiger partial charge in [-0.3, -0.25) is 4.90 Å². The van der Waals surface area contributed by atoms with Crippen LogP contribution in [-0.2, 0) is 0 Å². The number of aliphatic hydroxyl groups is 1. The van der Waals surface area contributed by atoms with Crippen molar-refractivity contribution in [1.82, 2.24) is 4.90 Å². The highest BCUT2D eigenvalue weighted by atomic mass is 16.3. The van der Waals surface area contributed by atoms with E-state index in [2.05, 4.69) is 25.7 Å². The molecule has 0 saturated heterocycles. The molecule has 0 aromatic rings. The highest BCUT2D eigenvalue weighted by Gasteiger charge is 2.35. The fourth-order valence-electron chi connectivity index (χ4n) is 2.50. The van der Waals surface area contributed by atoms with E-state index in [0.29, 0.717) is 6.04 Å². The van der Waals surface area contributed by atoms with Gasteiger partial charge in [-0.2, -0.15) is 0 Å². The maximum Gasteiger partial charge on any atom is 0.0695 e. The molecule has 90 valence electrons. The van der Waals surface area contributed by atoms with Gasteiger partial charge in [0.25, 0.3) is 0 Å². The third-order valence-electron chi connectivity index (χ3n) is 3.37. The van der Waals surface area contributed by atoms with E-state index in [1.54, 1.807) is 0 Å². The van der Waals surface area contributed by atoms with Gasteiger partial charge in [-0.25, -0.2) is 0 Å². The highest BCUT2D eigenvalue weighted by Crippen LogP contribution is 2.31. The van der Waals surface area contributed by atoms with Crippen LogP contribution in [0.1, 0.15) is 59.3 Å². The maximum absolute atomic E-state index is 10.1. The van der Waals surface area contributed by atoms with Gasteiger partial charge < -0.3 is 5.11 Å². The normalized spacial score (nSPS) is 20.6. The Bertz CT molecular complexity index is 168. The first kappa shape index (κ1) is 13.0. The predicted octanol–water partition coefficient (Wildman–Crippen LogP) is 2.80. The fourth-order valence-corrected chi connectivity index (χ4v) is 2.50. The Morgan fingerprint density at radius 3 is 2.27 bits per heavy atom. The zero-order valence-electron chi connectivity index (χ0n) is 10.6. The van der Waals surface area contributed by atoms with E-state index in [4.69, 9.17) is 0 Å². The summed E-state index contributed by atoms with van der Waals surface area (Å²) in [5.74, 6) is 0. The third kappa shape index (κ3) is 3.76. The van der Waals surface area contributed by atoms with Gasteiger partial charge in [-0.1, -0.05) is 27.2 Å². The molecule has 2 nitrogen and oxygen atoms in total. The minimum atomic E-state index is -0.118. The number of aliphatic hydroxyl groups excluding tert-OH is 1. The van der Waals surface area contributed by atoms with Gasteiger partial charge in [0.1, 0.15) is 0 Å². The lowest BCUT2D eigenvalue weighted by molar-refractivity contribution is 0.0358. The minimum absolute atomic E-state index is 0.118. The van der Waals surface area contributed by atoms with Crippen molar-refractivity contribution in [1.29, 1.82) is 0 Å². The van der Waals surface area contributed by atoms with Crippen LogP contribution in [0.2, 0.25) is 0 Å². The van der Waals surface area contributed by atoms with E-state index in [9.17, 15) is 5.11 Å². The molecule has 2 unspecified atom stereocenters. The van der Waals surface area contributed by atoms with Crippen molar-refractivity contribution in [2.24, 2.45) is 0 Å². The quantitative estimate of drug-likeness (QED) is 0.670. The Labute approximate surface area is 94.7 Å². The first-order valence-corrected chi connectivity index (χ1v) is 6.68. The van der Waals surface area contributed by atoms with Gasteiger partial charge in [0.15, 0.2) is 0 Å². The van der Waals surface area contributed by atoms with Crippen molar-refractivity contribution in [2.45, 2.75) is 77.5 Å². The molecule has 1 rings (SSSR count). The summed E-state index contributed by atoms with van der Waals surface area (Å²) in [5.41, 5.74) is 0. The van der Waals surface area contributed by atoms with Crippen LogP contribution < -0.4 is 0 Å². The smallest absolute Gasteiger partial charge is 0.0695 e. The van der Waals surface area contributed by atoms with Crippen molar-refractivity contribution >= 4 is 0 Å². The summed E-state index contributed by atoms with van der Waals surface area (Å²) in [6, 6.07) is 1.18. The number of hydrogen-bond donors (Lipinski definition) is 1. The lowest BCUT2D eigenvalue weighted by atomic mass is 10.0. The zero-order valence-corrected chi connectivity index (χ0v) is 10.6. The van der Waals surface area contributed by atoms with Crippen molar-refractivity contribution < 1.29 is 5.11 Å². The molecule has 0 aromatic carbocycles. The van der Waals surface area contributed by atoms with Crippen molar-refractivity contribution in [3.63, 3.8) is 0 Å². The number of hydrogen-bond acceptors (Lipinski definition) is 2. The standard InChI is InChI=1S/C13H27NO/c1-4-7-13(15)12(6-3)14(10-5-2)11-8-9-11/h11-13,15H,4-10H2,1-3H3. The third-order valence-corrected chi connectivity index (χ3v) is 3.37. The Balaban J connectivity index is 2.51. The van der Waals surface area contributed by atoms with Crippen molar-refractivity contribution in [3.05, 3.63) is 0 Å². The number of nitrogens with zero attached hydrogens (tertiary/aromatic N) is 1. The Morgan fingerprint density at radius 1 is 1.20 bits per heavy atom. The summed E-state index contributed by atoms with van der Waals surface area (Å²) in [6.07, 6.45) is 6.88. The van der Waals surface area contributed by atoms with E-state index in [1.165, 1.54) is 19.3 Å². The van der Waals surface area contributed by atoms with Crippen molar-refractivity contribution in [3.8, 4) is 0 Å². The summed E-state index contributed by atoms with van der Waals surface area (Å²) in [5, 5.41) is 10.1. The van der Waals surface area contributed by atoms with Gasteiger partial charge in [-0.05, 0) is 38.6 Å². The summed E-state index contributed by atoms with van der Waals surface area (Å²) < 4.78 is 0. The summed E-state index contributed by atoms with van der Waals surface area (Å²) in [4.78, 5) is 2.56. The molecule has 0 spiro atoms. The largest absolute Gasteiger partial charge is 0.391 e. The van der Waals surface area contributed by atoms with Gasteiger partial charge in [0, 0.05) is 12.1 Å². The molecule has 15 heavy (non-hydrogen) atoms. The molecule has 2 heteroatoms. The van der Waals surface area contributed by atoms with Gasteiger partial charge in [0.05, 0.1) is 6.10 Å². The van der Waals surface area contributed by atoms with Crippen LogP contribution in [0.25, 0.3) is 0 Å². The van der Waals surface area contributed by atoms with E-state index < -0.39 is 0 Å². The summed E-state index contributed by atoms with van der Waals surface area (Å²) >= 11 is 0. The average Bonchev–Trinajstić information content (AvgIpc) is 3.01. The van der Waals surface area contributed by atoms with Crippen LogP contribution in [0.15, 0.2) is 0 Å². The first-order valence-electron chi connectivity index (χ1n) is 6.68. The summed E-state index contributed by atoms with van der Waals surface area (Å²) in [7, 11) is 0. The van der Waals surface area contributed by atoms with Crippen LogP contribution in [0, 0.1) is 0 Å². The zero-order chi connectivity index (χ0) is 11.3. The van der Waals surface area contributed by atoms with Crippen LogP contribution in [-0.4, -0.2) is 34.7 Å². The molecule has 0 heterocycles. The molecule has 2 atom stereocenters. The first-order chi connectivity index (χ1) is 7.24. The lowest BCUT2D eigenvalue weighted by Gasteiger charge is -2.34. The second-order valence-electron chi connectivity index (χ2n) is 4.80. The predicted molar refractivity (Wildman–Crippen MR) is 65.0 cm³/mol. The molecule has 1 fully saturated rings. The molecule has 1 N–H and O–H groups in total. The van der Waals surface area contributed by atoms with Gasteiger partial charge >= 0.3 is 0 Å². The lowest BCUT2D eigenvalue weighted by Crippen LogP contribution is -2.45. The number of rotatable bonds is 8. The van der Waals surface area contributed by atoms with Gasteiger partial charge in [-0.15, -0.1) is 0 Å². The van der Waals surface area contributed by atoms with Crippen LogP contribution in [0.3, 0.4) is 0 Å². The molecule has 0 aliphatic heterocycles. The highest BCUT2D eigenvalue weighted by molar-refractivity contribution is 4.90. The average molecular weight is 213 g/mol. The fraction of sp³-hybridized carbons (Fsp3) is 1.00. The molecule has 0 amide bonds. The maximum atomic E-state index is 10.1. The molecule has 1 aliphatic rings. The Morgan fingerprint density at radius 2 is 1.87 bits per heavy atom. The van der Waals surface area contributed by atoms with E-state index in [-0.39, 0.29) is 6.10 Å². The van der Waals surface area contributed by atoms with E-state index >= 15 is 0 Å². The SMILES string of the molecule is CCCC(O)C(CC)N(CCC)C1CC1. The Hall–Kier alpha value is -0.0800. The van der Waals surface area contributed by atoms with E-state index in [0.717, 1.165) is 31.8 Å². The molecule has 1 aliphatic carbocycles. The minimum Gasteiger partial charge on any atom is -0.391 e. The summed E-state index contributed by atoms with van der Waals surface area (Å²) in [6.45, 7) is 7.74. The molecule has 1 saturated carbocycles. The monoisotopic (exact) mass is 213 g/mol. The second kappa shape index (κ2) is 6.49. The molecular weight excluding hydrogens is 186 g/mol. The van der Waals surface area contributed by atoms with Crippen LogP contribution >= 0.6 is 0 Å². The van der Waals surface area contributed by atoms with E-state index in [1.807, 2.05) is 0 Å². The molecule has 0 radical (unpaired) electrons. The second-order valence-corrected chi connectivity index (χ2v) is 4.80. The molecule has 0 aromatic heterocycles. The van der Waals surface area contributed by atoms with Crippen LogP contribution in [0.4, 0.5) is 0 Å². The van der Waals surface area contributed by atoms with Crippen LogP contribution in [0.5, 0.6) is 0 Å². The molecule has 0 bridgehead atoms. The molecular formula is C13H27NO. The topological polar surface area (TPSA) is 23.5 Å². The Kier molecular flexibility index (Phi) is 5.62.